The molecule has 1 aromatic carbocycles. The van der Waals surface area contributed by atoms with Gasteiger partial charge in [0.1, 0.15) is 5.82 Å². The SMILES string of the molecule is COCCNCc1cccc(F)c1N1CCSC(C)C1C. The molecule has 1 saturated heterocycles. The summed E-state index contributed by atoms with van der Waals surface area (Å²) in [6, 6.07) is 5.71. The Morgan fingerprint density at radius 1 is 1.43 bits per heavy atom. The van der Waals surface area contributed by atoms with Crippen molar-refractivity contribution in [3.63, 3.8) is 0 Å². The first-order valence-electron chi connectivity index (χ1n) is 7.50. The zero-order valence-electron chi connectivity index (χ0n) is 13.1. The van der Waals surface area contributed by atoms with Crippen molar-refractivity contribution in [2.75, 3.05) is 37.5 Å². The number of ether oxygens (including phenoxy) is 1. The summed E-state index contributed by atoms with van der Waals surface area (Å²) in [7, 11) is 1.68. The highest BCUT2D eigenvalue weighted by Crippen LogP contribution is 2.33. The molecule has 0 aliphatic carbocycles. The molecule has 0 aromatic heterocycles. The summed E-state index contributed by atoms with van der Waals surface area (Å²) >= 11 is 1.96. The molecule has 1 heterocycles. The fourth-order valence-electron chi connectivity index (χ4n) is 2.67. The van der Waals surface area contributed by atoms with Crippen molar-refractivity contribution in [2.45, 2.75) is 31.7 Å². The maximum Gasteiger partial charge on any atom is 0.146 e. The van der Waals surface area contributed by atoms with E-state index < -0.39 is 0 Å². The number of benzene rings is 1. The molecule has 1 fully saturated rings. The summed E-state index contributed by atoms with van der Waals surface area (Å²) in [5.41, 5.74) is 1.79. The highest BCUT2D eigenvalue weighted by atomic mass is 32.2. The lowest BCUT2D eigenvalue weighted by atomic mass is 10.1. The zero-order chi connectivity index (χ0) is 15.2. The van der Waals surface area contributed by atoms with Gasteiger partial charge in [-0.2, -0.15) is 11.8 Å². The molecule has 2 unspecified atom stereocenters. The van der Waals surface area contributed by atoms with Gasteiger partial charge in [-0.3, -0.25) is 0 Å². The van der Waals surface area contributed by atoms with Gasteiger partial charge in [-0.15, -0.1) is 0 Å². The lowest BCUT2D eigenvalue weighted by Crippen LogP contribution is -2.45. The van der Waals surface area contributed by atoms with E-state index >= 15 is 0 Å². The van der Waals surface area contributed by atoms with Gasteiger partial charge >= 0.3 is 0 Å². The van der Waals surface area contributed by atoms with Crippen LogP contribution in [0, 0.1) is 5.82 Å². The van der Waals surface area contributed by atoms with Crippen LogP contribution in [-0.4, -0.2) is 43.9 Å². The Hall–Kier alpha value is -0.780. The number of anilines is 1. The second-order valence-electron chi connectivity index (χ2n) is 5.43. The van der Waals surface area contributed by atoms with Gasteiger partial charge in [-0.05, 0) is 18.6 Å². The van der Waals surface area contributed by atoms with Crippen molar-refractivity contribution in [3.8, 4) is 0 Å². The van der Waals surface area contributed by atoms with Crippen molar-refractivity contribution in [3.05, 3.63) is 29.6 Å². The summed E-state index contributed by atoms with van der Waals surface area (Å²) in [4.78, 5) is 2.23. The van der Waals surface area contributed by atoms with Crippen LogP contribution in [0.4, 0.5) is 10.1 Å². The normalized spacial score (nSPS) is 22.6. The lowest BCUT2D eigenvalue weighted by Gasteiger charge is -2.40. The van der Waals surface area contributed by atoms with Crippen LogP contribution in [0.5, 0.6) is 0 Å². The van der Waals surface area contributed by atoms with E-state index in [1.807, 2.05) is 17.8 Å². The number of nitrogens with one attached hydrogen (secondary N) is 1. The zero-order valence-corrected chi connectivity index (χ0v) is 13.9. The topological polar surface area (TPSA) is 24.5 Å². The molecular formula is C16H25FN2OS. The Labute approximate surface area is 131 Å². The van der Waals surface area contributed by atoms with E-state index in [0.29, 0.717) is 24.4 Å². The highest BCUT2D eigenvalue weighted by Gasteiger charge is 2.28. The third-order valence-corrected chi connectivity index (χ3v) is 5.38. The van der Waals surface area contributed by atoms with Crippen LogP contribution < -0.4 is 10.2 Å². The van der Waals surface area contributed by atoms with Crippen molar-refractivity contribution in [1.29, 1.82) is 0 Å². The van der Waals surface area contributed by atoms with Crippen LogP contribution in [0.2, 0.25) is 0 Å². The number of hydrogen-bond donors (Lipinski definition) is 1. The molecule has 0 amide bonds. The van der Waals surface area contributed by atoms with Gasteiger partial charge in [0, 0.05) is 43.8 Å². The molecule has 0 radical (unpaired) electrons. The minimum absolute atomic E-state index is 0.119. The fraction of sp³-hybridized carbons (Fsp3) is 0.625. The number of nitrogens with zero attached hydrogens (tertiary/aromatic N) is 1. The monoisotopic (exact) mass is 312 g/mol. The first kappa shape index (κ1) is 16.6. The van der Waals surface area contributed by atoms with Gasteiger partial charge in [-0.25, -0.2) is 4.39 Å². The lowest BCUT2D eigenvalue weighted by molar-refractivity contribution is 0.199. The number of halogens is 1. The summed E-state index contributed by atoms with van der Waals surface area (Å²) in [6.07, 6.45) is 0. The number of methoxy groups -OCH3 is 1. The molecule has 1 N–H and O–H groups in total. The summed E-state index contributed by atoms with van der Waals surface area (Å²) in [6.45, 7) is 7.42. The average molecular weight is 312 g/mol. The third-order valence-electron chi connectivity index (χ3n) is 4.04. The molecule has 1 aliphatic heterocycles. The van der Waals surface area contributed by atoms with Crippen molar-refractivity contribution < 1.29 is 9.13 Å². The van der Waals surface area contributed by atoms with Gasteiger partial charge in [0.25, 0.3) is 0 Å². The van der Waals surface area contributed by atoms with Gasteiger partial charge in [0.05, 0.1) is 12.3 Å². The van der Waals surface area contributed by atoms with Crippen molar-refractivity contribution in [1.82, 2.24) is 5.32 Å². The Kier molecular flexibility index (Phi) is 6.33. The Balaban J connectivity index is 2.16. The summed E-state index contributed by atoms with van der Waals surface area (Å²) in [5.74, 6) is 0.933. The van der Waals surface area contributed by atoms with Crippen LogP contribution >= 0.6 is 11.8 Å². The molecule has 0 saturated carbocycles. The third kappa shape index (κ3) is 4.11. The Morgan fingerprint density at radius 2 is 2.24 bits per heavy atom. The fourth-order valence-corrected chi connectivity index (χ4v) is 3.77. The average Bonchev–Trinajstić information content (AvgIpc) is 2.47. The van der Waals surface area contributed by atoms with Crippen LogP contribution in [0.3, 0.4) is 0 Å². The van der Waals surface area contributed by atoms with E-state index in [2.05, 4.69) is 24.1 Å². The number of para-hydroxylation sites is 1. The largest absolute Gasteiger partial charge is 0.383 e. The second-order valence-corrected chi connectivity index (χ2v) is 6.91. The summed E-state index contributed by atoms with van der Waals surface area (Å²) in [5, 5.41) is 3.83. The van der Waals surface area contributed by atoms with Crippen LogP contribution in [0.25, 0.3) is 0 Å². The molecule has 1 aliphatic rings. The van der Waals surface area contributed by atoms with E-state index in [4.69, 9.17) is 4.74 Å². The quantitative estimate of drug-likeness (QED) is 0.816. The molecule has 5 heteroatoms. The maximum absolute atomic E-state index is 14.4. The van der Waals surface area contributed by atoms with E-state index in [0.717, 1.165) is 30.1 Å². The summed E-state index contributed by atoms with van der Waals surface area (Å²) < 4.78 is 19.4. The molecule has 2 rings (SSSR count). The Morgan fingerprint density at radius 3 is 3.00 bits per heavy atom. The first-order chi connectivity index (χ1) is 10.1. The van der Waals surface area contributed by atoms with Crippen LogP contribution in [0.15, 0.2) is 18.2 Å². The minimum atomic E-state index is -0.119. The standard InChI is InChI=1S/C16H25FN2OS/c1-12-13(2)21-10-8-19(12)16-14(5-4-6-15(16)17)11-18-7-9-20-3/h4-6,12-13,18H,7-11H2,1-3H3. The molecule has 1 aromatic rings. The predicted octanol–water partition coefficient (Wildman–Crippen LogP) is 2.89. The Bertz CT molecular complexity index is 458. The van der Waals surface area contributed by atoms with Gasteiger partial charge in [0.15, 0.2) is 0 Å². The molecular weight excluding hydrogens is 287 g/mol. The number of rotatable bonds is 6. The maximum atomic E-state index is 14.4. The molecule has 0 spiro atoms. The second kappa shape index (κ2) is 8.01. The van der Waals surface area contributed by atoms with E-state index in [1.54, 1.807) is 19.2 Å². The highest BCUT2D eigenvalue weighted by molar-refractivity contribution is 8.00. The number of hydrogen-bond acceptors (Lipinski definition) is 4. The molecule has 3 nitrogen and oxygen atoms in total. The van der Waals surface area contributed by atoms with Gasteiger partial charge in [-0.1, -0.05) is 19.1 Å². The van der Waals surface area contributed by atoms with E-state index in [1.165, 1.54) is 0 Å². The minimum Gasteiger partial charge on any atom is -0.383 e. The molecule has 21 heavy (non-hydrogen) atoms. The van der Waals surface area contributed by atoms with Crippen LogP contribution in [-0.2, 0) is 11.3 Å². The molecule has 2 atom stereocenters. The predicted molar refractivity (Wildman–Crippen MR) is 88.7 cm³/mol. The molecule has 0 bridgehead atoms. The van der Waals surface area contributed by atoms with E-state index in [9.17, 15) is 4.39 Å². The van der Waals surface area contributed by atoms with Crippen LogP contribution in [0.1, 0.15) is 19.4 Å². The van der Waals surface area contributed by atoms with Crippen molar-refractivity contribution >= 4 is 17.4 Å². The first-order valence-corrected chi connectivity index (χ1v) is 8.55. The smallest absolute Gasteiger partial charge is 0.146 e. The van der Waals surface area contributed by atoms with Gasteiger partial charge < -0.3 is 15.0 Å². The van der Waals surface area contributed by atoms with E-state index in [-0.39, 0.29) is 5.82 Å². The van der Waals surface area contributed by atoms with Crippen molar-refractivity contribution in [2.24, 2.45) is 0 Å². The molecule has 118 valence electrons. The van der Waals surface area contributed by atoms with Gasteiger partial charge in [0.2, 0.25) is 0 Å². The number of thioether (sulfide) groups is 1.